The maximum absolute atomic E-state index is 12.7. The number of hydrogen-bond donors (Lipinski definition) is 1. The van der Waals surface area contributed by atoms with Gasteiger partial charge in [0.25, 0.3) is 5.91 Å². The largest absolute Gasteiger partial charge is 0.388 e. The summed E-state index contributed by atoms with van der Waals surface area (Å²) in [5, 5.41) is 9.12. The van der Waals surface area contributed by atoms with Gasteiger partial charge in [-0.15, -0.1) is 0 Å². The number of benzene rings is 2. The lowest BCUT2D eigenvalue weighted by Gasteiger charge is -2.25. The second-order valence-electron chi connectivity index (χ2n) is 6.47. The van der Waals surface area contributed by atoms with Crippen molar-refractivity contribution in [2.45, 2.75) is 26.0 Å². The average molecular weight is 383 g/mol. The van der Waals surface area contributed by atoms with Gasteiger partial charge in [-0.2, -0.15) is 0 Å². The topological polar surface area (TPSA) is 83.9 Å². The van der Waals surface area contributed by atoms with Gasteiger partial charge in [0.1, 0.15) is 6.61 Å². The molecule has 1 N–H and O–H groups in total. The van der Waals surface area contributed by atoms with Crippen molar-refractivity contribution in [3.05, 3.63) is 59.7 Å². The Morgan fingerprint density at radius 1 is 0.964 bits per heavy atom. The minimum absolute atomic E-state index is 0.103. The molecule has 0 aliphatic rings. The summed E-state index contributed by atoms with van der Waals surface area (Å²) in [6.07, 6.45) is 0.103. The van der Waals surface area contributed by atoms with Gasteiger partial charge in [-0.1, -0.05) is 43.3 Å². The Hall–Kier alpha value is -2.83. The number of methoxy groups -OCH3 is 1. The molecule has 6 heteroatoms. The average Bonchev–Trinajstić information content (AvgIpc) is 2.73. The van der Waals surface area contributed by atoms with Gasteiger partial charge in [-0.3, -0.25) is 14.4 Å². The molecule has 2 aromatic carbocycles. The number of aliphatic hydroxyl groups excluding tert-OH is 1. The number of rotatable bonds is 9. The highest BCUT2D eigenvalue weighted by Gasteiger charge is 2.32. The van der Waals surface area contributed by atoms with Crippen molar-refractivity contribution in [1.82, 2.24) is 4.90 Å². The van der Waals surface area contributed by atoms with Crippen LogP contribution in [0.4, 0.5) is 0 Å². The molecule has 1 unspecified atom stereocenters. The minimum Gasteiger partial charge on any atom is -0.388 e. The van der Waals surface area contributed by atoms with Crippen LogP contribution in [-0.2, 0) is 20.9 Å². The van der Waals surface area contributed by atoms with Crippen LogP contribution in [0, 0.1) is 0 Å². The Balaban J connectivity index is 2.20. The quantitative estimate of drug-likeness (QED) is 0.673. The zero-order chi connectivity index (χ0) is 20.7. The molecular weight excluding hydrogens is 358 g/mol. The SMILES string of the molecule is CCC(=O)C(C(=O)CO)N(C)C(=O)c1ccc(-c2ccc(COC)cc2)cc1. The second-order valence-corrected chi connectivity index (χ2v) is 6.47. The summed E-state index contributed by atoms with van der Waals surface area (Å²) in [5.41, 5.74) is 3.37. The zero-order valence-electron chi connectivity index (χ0n) is 16.3. The van der Waals surface area contributed by atoms with Gasteiger partial charge in [0, 0.05) is 26.1 Å². The van der Waals surface area contributed by atoms with Crippen molar-refractivity contribution in [1.29, 1.82) is 0 Å². The van der Waals surface area contributed by atoms with E-state index in [1.807, 2.05) is 36.4 Å². The summed E-state index contributed by atoms with van der Waals surface area (Å²) in [4.78, 5) is 37.8. The van der Waals surface area contributed by atoms with Crippen LogP contribution < -0.4 is 0 Å². The number of aliphatic hydroxyl groups is 1. The van der Waals surface area contributed by atoms with Gasteiger partial charge < -0.3 is 14.7 Å². The first-order valence-corrected chi connectivity index (χ1v) is 9.04. The third-order valence-corrected chi connectivity index (χ3v) is 4.55. The van der Waals surface area contributed by atoms with E-state index >= 15 is 0 Å². The van der Waals surface area contributed by atoms with E-state index in [1.165, 1.54) is 7.05 Å². The van der Waals surface area contributed by atoms with Crippen molar-refractivity contribution in [2.75, 3.05) is 20.8 Å². The summed E-state index contributed by atoms with van der Waals surface area (Å²) in [5.74, 6) is -1.53. The van der Waals surface area contributed by atoms with Crippen LogP contribution >= 0.6 is 0 Å². The van der Waals surface area contributed by atoms with Crippen molar-refractivity contribution in [3.63, 3.8) is 0 Å². The van der Waals surface area contributed by atoms with Gasteiger partial charge in [0.2, 0.25) is 0 Å². The van der Waals surface area contributed by atoms with E-state index in [-0.39, 0.29) is 6.42 Å². The van der Waals surface area contributed by atoms with Crippen LogP contribution in [0.3, 0.4) is 0 Å². The molecule has 0 saturated heterocycles. The van der Waals surface area contributed by atoms with E-state index in [0.29, 0.717) is 12.2 Å². The number of nitrogens with zero attached hydrogens (tertiary/aromatic N) is 1. The first kappa shape index (κ1) is 21.5. The van der Waals surface area contributed by atoms with Crippen LogP contribution in [0.5, 0.6) is 0 Å². The molecule has 0 spiro atoms. The lowest BCUT2D eigenvalue weighted by molar-refractivity contribution is -0.134. The molecule has 6 nitrogen and oxygen atoms in total. The summed E-state index contributed by atoms with van der Waals surface area (Å²) in [7, 11) is 3.05. The molecule has 0 fully saturated rings. The highest BCUT2D eigenvalue weighted by Crippen LogP contribution is 2.21. The predicted molar refractivity (Wildman–Crippen MR) is 106 cm³/mol. The predicted octanol–water partition coefficient (Wildman–Crippen LogP) is 2.48. The molecule has 0 aromatic heterocycles. The number of ether oxygens (including phenoxy) is 1. The molecule has 0 aliphatic heterocycles. The summed E-state index contributed by atoms with van der Waals surface area (Å²) in [6, 6.07) is 13.6. The molecule has 0 saturated carbocycles. The van der Waals surface area contributed by atoms with E-state index in [1.54, 1.807) is 26.2 Å². The summed E-state index contributed by atoms with van der Waals surface area (Å²) < 4.78 is 5.10. The number of carbonyl (C=O) groups excluding carboxylic acids is 3. The fraction of sp³-hybridized carbons (Fsp3) is 0.318. The van der Waals surface area contributed by atoms with Crippen LogP contribution in [0.1, 0.15) is 29.3 Å². The Morgan fingerprint density at radius 3 is 1.96 bits per heavy atom. The lowest BCUT2D eigenvalue weighted by Crippen LogP contribution is -2.48. The molecule has 1 amide bonds. The van der Waals surface area contributed by atoms with Crippen molar-refractivity contribution >= 4 is 17.5 Å². The first-order valence-electron chi connectivity index (χ1n) is 9.04. The maximum atomic E-state index is 12.7. The van der Waals surface area contributed by atoms with Crippen LogP contribution in [0.2, 0.25) is 0 Å². The molecular formula is C22H25NO5. The maximum Gasteiger partial charge on any atom is 0.254 e. The molecule has 2 rings (SSSR count). The van der Waals surface area contributed by atoms with Gasteiger partial charge in [0.15, 0.2) is 17.6 Å². The molecule has 0 heterocycles. The highest BCUT2D eigenvalue weighted by molar-refractivity contribution is 6.10. The number of carbonyl (C=O) groups is 3. The second kappa shape index (κ2) is 9.92. The number of ketones is 2. The highest BCUT2D eigenvalue weighted by atomic mass is 16.5. The molecule has 0 bridgehead atoms. The Kier molecular flexibility index (Phi) is 7.61. The van der Waals surface area contributed by atoms with Crippen LogP contribution in [0.25, 0.3) is 11.1 Å². The summed E-state index contributed by atoms with van der Waals surface area (Å²) >= 11 is 0. The third-order valence-electron chi connectivity index (χ3n) is 4.55. The number of Topliss-reactive ketones (excluding diaryl/α,β-unsaturated/α-hetero) is 2. The smallest absolute Gasteiger partial charge is 0.254 e. The van der Waals surface area contributed by atoms with Crippen LogP contribution in [-0.4, -0.2) is 54.3 Å². The van der Waals surface area contributed by atoms with Gasteiger partial charge >= 0.3 is 0 Å². The van der Waals surface area contributed by atoms with Crippen LogP contribution in [0.15, 0.2) is 48.5 Å². The molecule has 28 heavy (non-hydrogen) atoms. The Bertz CT molecular complexity index is 811. The fourth-order valence-corrected chi connectivity index (χ4v) is 2.98. The van der Waals surface area contributed by atoms with E-state index in [2.05, 4.69) is 0 Å². The first-order chi connectivity index (χ1) is 13.4. The molecule has 1 atom stereocenters. The number of hydrogen-bond acceptors (Lipinski definition) is 5. The van der Waals surface area contributed by atoms with E-state index < -0.39 is 30.1 Å². The Labute approximate surface area is 164 Å². The van der Waals surface area contributed by atoms with E-state index in [4.69, 9.17) is 9.84 Å². The van der Waals surface area contributed by atoms with E-state index in [0.717, 1.165) is 21.6 Å². The molecule has 148 valence electrons. The van der Waals surface area contributed by atoms with Gasteiger partial charge in [-0.25, -0.2) is 0 Å². The van der Waals surface area contributed by atoms with Gasteiger partial charge in [-0.05, 0) is 28.8 Å². The fourth-order valence-electron chi connectivity index (χ4n) is 2.98. The third kappa shape index (κ3) is 4.91. The molecule has 2 aromatic rings. The van der Waals surface area contributed by atoms with Crippen molar-refractivity contribution in [3.8, 4) is 11.1 Å². The minimum atomic E-state index is -1.27. The number of amides is 1. The standard InChI is InChI=1S/C22H25NO5/c1-4-19(25)21(20(26)13-24)23(2)22(27)18-11-9-17(10-12-18)16-7-5-15(6-8-16)14-28-3/h5-12,21,24H,4,13-14H2,1-3H3. The van der Waals surface area contributed by atoms with Gasteiger partial charge in [0.05, 0.1) is 6.61 Å². The number of likely N-dealkylation sites (N-methyl/N-ethyl adjacent to an activating group) is 1. The van der Waals surface area contributed by atoms with Crippen molar-refractivity contribution in [2.24, 2.45) is 0 Å². The summed E-state index contributed by atoms with van der Waals surface area (Å²) in [6.45, 7) is 1.38. The molecule has 0 radical (unpaired) electrons. The normalized spacial score (nSPS) is 11.7. The van der Waals surface area contributed by atoms with E-state index in [9.17, 15) is 14.4 Å². The molecule has 0 aliphatic carbocycles. The lowest BCUT2D eigenvalue weighted by atomic mass is 10.0. The monoisotopic (exact) mass is 383 g/mol. The van der Waals surface area contributed by atoms with Crippen molar-refractivity contribution < 1.29 is 24.2 Å². The zero-order valence-corrected chi connectivity index (χ0v) is 16.3. The Morgan fingerprint density at radius 2 is 1.50 bits per heavy atom.